The summed E-state index contributed by atoms with van der Waals surface area (Å²) in [5.41, 5.74) is 0.920. The number of rotatable bonds is 9. The lowest BCUT2D eigenvalue weighted by molar-refractivity contribution is -0.131. The first kappa shape index (κ1) is 29.8. The highest BCUT2D eigenvalue weighted by atomic mass is 32.2. The second-order valence-corrected chi connectivity index (χ2v) is 11.1. The lowest BCUT2D eigenvalue weighted by Gasteiger charge is -2.26. The molecule has 0 aliphatic heterocycles. The Kier molecular flexibility index (Phi) is 8.25. The van der Waals surface area contributed by atoms with Gasteiger partial charge in [0.05, 0.1) is 36.6 Å². The van der Waals surface area contributed by atoms with Crippen LogP contribution in [0.1, 0.15) is 40.5 Å². The fraction of sp³-hybridized carbons (Fsp3) is 0.241. The van der Waals surface area contributed by atoms with Crippen LogP contribution in [0, 0.1) is 5.82 Å². The zero-order chi connectivity index (χ0) is 30.1. The summed E-state index contributed by atoms with van der Waals surface area (Å²) >= 11 is 0. The molecule has 4 rings (SSSR count). The molecular weight excluding hydrogens is 566 g/mol. The Morgan fingerprint density at radius 1 is 1.00 bits per heavy atom. The molecule has 1 heterocycles. The van der Waals surface area contributed by atoms with Gasteiger partial charge >= 0.3 is 12.1 Å². The van der Waals surface area contributed by atoms with E-state index in [2.05, 4.69) is 0 Å². The van der Waals surface area contributed by atoms with Crippen LogP contribution in [0.4, 0.5) is 23.2 Å². The summed E-state index contributed by atoms with van der Waals surface area (Å²) in [5.74, 6) is -1.44. The van der Waals surface area contributed by atoms with E-state index in [0.717, 1.165) is 6.26 Å². The number of anilines is 1. The quantitative estimate of drug-likeness (QED) is 0.118. The molecule has 0 amide bonds. The summed E-state index contributed by atoms with van der Waals surface area (Å²) in [6.45, 7) is 0.705. The van der Waals surface area contributed by atoms with E-state index < -0.39 is 41.0 Å². The lowest BCUT2D eigenvalue weighted by Crippen LogP contribution is -2.33. The Morgan fingerprint density at radius 3 is 2.27 bits per heavy atom. The molecule has 0 unspecified atom stereocenters. The van der Waals surface area contributed by atoms with Crippen molar-refractivity contribution in [2.24, 2.45) is 0 Å². The van der Waals surface area contributed by atoms with Gasteiger partial charge in [-0.2, -0.15) is 13.2 Å². The molecule has 0 atom stereocenters. The van der Waals surface area contributed by atoms with Gasteiger partial charge in [-0.1, -0.05) is 19.1 Å². The van der Waals surface area contributed by atoms with Crippen LogP contribution in [0.3, 0.4) is 0 Å². The van der Waals surface area contributed by atoms with Crippen LogP contribution in [0.25, 0.3) is 33.4 Å². The third kappa shape index (κ3) is 6.43. The topological polar surface area (TPSA) is 93.9 Å². The zero-order valence-corrected chi connectivity index (χ0v) is 23.0. The van der Waals surface area contributed by atoms with Crippen molar-refractivity contribution in [1.82, 2.24) is 0 Å². The molecule has 0 fully saturated rings. The number of hydrogen-bond acceptors (Lipinski definition) is 6. The van der Waals surface area contributed by atoms with E-state index in [1.165, 1.54) is 61.7 Å². The molecule has 4 aromatic rings. The van der Waals surface area contributed by atoms with Crippen molar-refractivity contribution in [3.8, 4) is 22.5 Å². The maximum absolute atomic E-state index is 13.6. The van der Waals surface area contributed by atoms with Gasteiger partial charge in [0.25, 0.3) is 0 Å². The SMILES string of the molecule is CCC(=O)c1c(-c2ccc(F)cc2)oc2cc(N(CCC(F)(F)F)S(C)(=O)=O)c(-c3cccc(C(=O)OC)c3)cc12. The van der Waals surface area contributed by atoms with Crippen molar-refractivity contribution in [2.45, 2.75) is 25.9 Å². The number of benzene rings is 3. The van der Waals surface area contributed by atoms with Crippen LogP contribution in [0.5, 0.6) is 0 Å². The molecule has 0 bridgehead atoms. The first-order valence-corrected chi connectivity index (χ1v) is 14.2. The molecule has 41 heavy (non-hydrogen) atoms. The number of ketones is 1. The van der Waals surface area contributed by atoms with Crippen LogP contribution in [0.15, 0.2) is 65.1 Å². The standard InChI is InChI=1S/C29H25F4NO6S/c1-4-24(35)26-22-15-21(18-6-5-7-19(14-18)28(36)39-2)23(34(41(3,37)38)13-12-29(31,32)33)16-25(22)40-27(26)17-8-10-20(30)11-9-17/h5-11,14-16H,4,12-13H2,1-3H3. The van der Waals surface area contributed by atoms with Crippen LogP contribution in [0.2, 0.25) is 0 Å². The Balaban J connectivity index is 2.08. The highest BCUT2D eigenvalue weighted by molar-refractivity contribution is 7.92. The summed E-state index contributed by atoms with van der Waals surface area (Å²) in [4.78, 5) is 25.4. The van der Waals surface area contributed by atoms with Crippen LogP contribution in [-0.2, 0) is 14.8 Å². The zero-order valence-electron chi connectivity index (χ0n) is 22.2. The molecule has 0 N–H and O–H groups in total. The van der Waals surface area contributed by atoms with Crippen LogP contribution >= 0.6 is 0 Å². The van der Waals surface area contributed by atoms with Gasteiger partial charge in [-0.05, 0) is 48.0 Å². The first-order valence-electron chi connectivity index (χ1n) is 12.4. The Morgan fingerprint density at radius 2 is 1.68 bits per heavy atom. The molecule has 0 saturated carbocycles. The molecule has 0 aliphatic carbocycles. The fourth-order valence-corrected chi connectivity index (χ4v) is 5.38. The Hall–Kier alpha value is -4.19. The summed E-state index contributed by atoms with van der Waals surface area (Å²) in [6, 6.07) is 13.8. The largest absolute Gasteiger partial charge is 0.465 e. The van der Waals surface area contributed by atoms with Gasteiger partial charge in [0.1, 0.15) is 17.2 Å². The smallest absolute Gasteiger partial charge is 0.390 e. The number of esters is 1. The van der Waals surface area contributed by atoms with E-state index in [1.54, 1.807) is 13.0 Å². The molecule has 0 spiro atoms. The number of halogens is 4. The second kappa shape index (κ2) is 11.4. The Bertz CT molecular complexity index is 1730. The number of ether oxygens (including phenoxy) is 1. The van der Waals surface area contributed by atoms with Crippen LogP contribution < -0.4 is 4.31 Å². The molecule has 0 saturated heterocycles. The van der Waals surface area contributed by atoms with E-state index in [0.29, 0.717) is 9.87 Å². The summed E-state index contributed by atoms with van der Waals surface area (Å²) < 4.78 is 90.4. The van der Waals surface area contributed by atoms with E-state index in [9.17, 15) is 35.6 Å². The molecule has 3 aromatic carbocycles. The van der Waals surface area contributed by atoms with Crippen LogP contribution in [-0.4, -0.2) is 46.3 Å². The molecule has 7 nitrogen and oxygen atoms in total. The molecule has 216 valence electrons. The monoisotopic (exact) mass is 591 g/mol. The lowest BCUT2D eigenvalue weighted by atomic mass is 9.95. The highest BCUT2D eigenvalue weighted by Crippen LogP contribution is 2.42. The summed E-state index contributed by atoms with van der Waals surface area (Å²) in [7, 11) is -3.08. The average Bonchev–Trinajstić information content (AvgIpc) is 3.29. The van der Waals surface area contributed by atoms with Crippen molar-refractivity contribution >= 4 is 38.4 Å². The fourth-order valence-electron chi connectivity index (χ4n) is 4.45. The Labute approximate surface area is 233 Å². The number of carbonyl (C=O) groups is 2. The number of furan rings is 1. The third-order valence-corrected chi connectivity index (χ3v) is 7.55. The van der Waals surface area contributed by atoms with Crippen molar-refractivity contribution in [3.05, 3.63) is 77.6 Å². The van der Waals surface area contributed by atoms with E-state index in [-0.39, 0.29) is 56.9 Å². The maximum Gasteiger partial charge on any atom is 0.390 e. The van der Waals surface area contributed by atoms with E-state index in [1.807, 2.05) is 0 Å². The molecule has 12 heteroatoms. The third-order valence-electron chi connectivity index (χ3n) is 6.37. The maximum atomic E-state index is 13.6. The number of fused-ring (bicyclic) bond motifs is 1. The number of alkyl halides is 3. The molecule has 0 radical (unpaired) electrons. The highest BCUT2D eigenvalue weighted by Gasteiger charge is 2.32. The van der Waals surface area contributed by atoms with Gasteiger partial charge in [-0.3, -0.25) is 9.10 Å². The number of carbonyl (C=O) groups excluding carboxylic acids is 2. The number of sulfonamides is 1. The summed E-state index contributed by atoms with van der Waals surface area (Å²) in [6.07, 6.45) is -5.24. The van der Waals surface area contributed by atoms with Gasteiger partial charge in [-0.15, -0.1) is 0 Å². The first-order chi connectivity index (χ1) is 19.2. The van der Waals surface area contributed by atoms with Gasteiger partial charge in [0, 0.05) is 35.5 Å². The minimum atomic E-state index is -4.65. The van der Waals surface area contributed by atoms with E-state index >= 15 is 0 Å². The van der Waals surface area contributed by atoms with Crippen molar-refractivity contribution < 1.29 is 44.7 Å². The summed E-state index contributed by atoms with van der Waals surface area (Å²) in [5, 5.41) is 0.266. The number of nitrogens with zero attached hydrogens (tertiary/aromatic N) is 1. The van der Waals surface area contributed by atoms with Gasteiger partial charge < -0.3 is 9.15 Å². The molecule has 0 aliphatic rings. The second-order valence-electron chi connectivity index (χ2n) is 9.23. The van der Waals surface area contributed by atoms with Gasteiger partial charge in [-0.25, -0.2) is 17.6 Å². The number of hydrogen-bond donors (Lipinski definition) is 0. The van der Waals surface area contributed by atoms with Gasteiger partial charge in [0.2, 0.25) is 10.0 Å². The predicted octanol–water partition coefficient (Wildman–Crippen LogP) is 7.00. The number of Topliss-reactive ketones (excluding diaryl/α,β-unsaturated/α-hetero) is 1. The van der Waals surface area contributed by atoms with E-state index in [4.69, 9.17) is 9.15 Å². The average molecular weight is 592 g/mol. The van der Waals surface area contributed by atoms with Crippen molar-refractivity contribution in [3.63, 3.8) is 0 Å². The van der Waals surface area contributed by atoms with Gasteiger partial charge in [0.15, 0.2) is 5.78 Å². The van der Waals surface area contributed by atoms with Crippen molar-refractivity contribution in [1.29, 1.82) is 0 Å². The minimum Gasteiger partial charge on any atom is -0.465 e. The molecular formula is C29H25F4NO6S. The minimum absolute atomic E-state index is 0.0321. The normalized spacial score (nSPS) is 12.0. The molecule has 1 aromatic heterocycles. The predicted molar refractivity (Wildman–Crippen MR) is 146 cm³/mol. The number of methoxy groups -OCH3 is 1. The van der Waals surface area contributed by atoms with Crippen molar-refractivity contribution in [2.75, 3.05) is 24.2 Å².